The highest BCUT2D eigenvalue weighted by Gasteiger charge is 2.17. The Hall–Kier alpha value is -3.07. The smallest absolute Gasteiger partial charge is 0.233 e. The summed E-state index contributed by atoms with van der Waals surface area (Å²) in [5.41, 5.74) is 1.26. The van der Waals surface area contributed by atoms with Crippen LogP contribution in [0, 0.1) is 6.92 Å². The summed E-state index contributed by atoms with van der Waals surface area (Å²) in [6.07, 6.45) is 1.53. The number of methoxy groups -OCH3 is 2. The molecule has 29 heavy (non-hydrogen) atoms. The molecule has 0 bridgehead atoms. The Morgan fingerprint density at radius 3 is 2.69 bits per heavy atom. The van der Waals surface area contributed by atoms with Crippen molar-refractivity contribution in [2.24, 2.45) is 0 Å². The summed E-state index contributed by atoms with van der Waals surface area (Å²) in [5, 5.41) is 2.68. The number of nitrogens with zero attached hydrogens (tertiary/aromatic N) is 1. The third kappa shape index (κ3) is 5.26. The van der Waals surface area contributed by atoms with Gasteiger partial charge < -0.3 is 23.6 Å². The molecule has 3 aromatic rings. The zero-order chi connectivity index (χ0) is 20.8. The van der Waals surface area contributed by atoms with Gasteiger partial charge >= 0.3 is 0 Å². The fourth-order valence-corrected chi connectivity index (χ4v) is 3.72. The van der Waals surface area contributed by atoms with Crippen LogP contribution >= 0.6 is 0 Å². The molecule has 0 aliphatic heterocycles. The van der Waals surface area contributed by atoms with Crippen LogP contribution < -0.4 is 14.8 Å². The number of aromatic nitrogens is 1. The molecule has 1 amide bonds. The molecule has 2 aromatic heterocycles. The number of hydrogen-bond donors (Lipinski definition) is 1. The molecule has 2 heterocycles. The summed E-state index contributed by atoms with van der Waals surface area (Å²) < 4.78 is 33.8. The number of carbonyl (C=O) groups excluding carboxylic acids is 1. The maximum absolute atomic E-state index is 12.4. The van der Waals surface area contributed by atoms with Gasteiger partial charge in [0.15, 0.2) is 11.5 Å². The first kappa shape index (κ1) is 20.7. The molecule has 0 saturated carbocycles. The second-order valence-corrected chi connectivity index (χ2v) is 7.63. The third-order valence-electron chi connectivity index (χ3n) is 4.15. The van der Waals surface area contributed by atoms with Gasteiger partial charge in [0.05, 0.1) is 38.5 Å². The van der Waals surface area contributed by atoms with Gasteiger partial charge in [-0.15, -0.1) is 0 Å². The number of oxazole rings is 1. The molecule has 154 valence electrons. The monoisotopic (exact) mass is 418 g/mol. The third-order valence-corrected chi connectivity index (χ3v) is 5.33. The first-order chi connectivity index (χ1) is 14.0. The van der Waals surface area contributed by atoms with Gasteiger partial charge in [0.25, 0.3) is 0 Å². The lowest BCUT2D eigenvalue weighted by atomic mass is 10.2. The highest BCUT2D eigenvalue weighted by atomic mass is 32.2. The van der Waals surface area contributed by atoms with Gasteiger partial charge in [-0.2, -0.15) is 0 Å². The fourth-order valence-electron chi connectivity index (χ4n) is 2.65. The molecule has 0 saturated heterocycles. The molecular weight excluding hydrogens is 396 g/mol. The number of aryl methyl sites for hydroxylation is 1. The Balaban J connectivity index is 1.62. The molecule has 3 rings (SSSR count). The molecule has 9 heteroatoms. The van der Waals surface area contributed by atoms with Crippen LogP contribution in [0.15, 0.2) is 45.4 Å². The lowest BCUT2D eigenvalue weighted by Crippen LogP contribution is -2.28. The molecule has 0 radical (unpaired) electrons. The molecule has 0 spiro atoms. The molecule has 0 unspecified atom stereocenters. The Morgan fingerprint density at radius 1 is 1.21 bits per heavy atom. The van der Waals surface area contributed by atoms with E-state index in [1.54, 1.807) is 51.5 Å². The number of nitrogens with one attached hydrogen (secondary N) is 1. The van der Waals surface area contributed by atoms with E-state index in [4.69, 9.17) is 18.3 Å². The summed E-state index contributed by atoms with van der Waals surface area (Å²) >= 11 is 0. The molecule has 1 atom stereocenters. The Labute approximate surface area is 170 Å². The van der Waals surface area contributed by atoms with E-state index in [1.165, 1.54) is 6.26 Å². The van der Waals surface area contributed by atoms with E-state index in [9.17, 15) is 9.00 Å². The summed E-state index contributed by atoms with van der Waals surface area (Å²) in [4.78, 5) is 16.4. The first-order valence-electron chi connectivity index (χ1n) is 8.83. The zero-order valence-electron chi connectivity index (χ0n) is 16.4. The van der Waals surface area contributed by atoms with Gasteiger partial charge in [0.1, 0.15) is 17.3 Å². The Bertz CT molecular complexity index is 997. The molecular formula is C20H22N2O6S. The van der Waals surface area contributed by atoms with E-state index in [0.29, 0.717) is 40.2 Å². The van der Waals surface area contributed by atoms with Crippen molar-refractivity contribution in [2.45, 2.75) is 19.2 Å². The standard InChI is InChI=1S/C20H22N2O6S/c1-13-16(11-29(24)12-19(23)21-10-15-5-4-8-27-15)22-20(28-13)14-6-7-17(25-2)18(9-14)26-3/h4-9H,10-12H2,1-3H3,(H,21,23)/t29-/m0/s1. The van der Waals surface area contributed by atoms with Crippen molar-refractivity contribution in [2.75, 3.05) is 20.0 Å². The highest BCUT2D eigenvalue weighted by molar-refractivity contribution is 7.84. The molecule has 1 N–H and O–H groups in total. The maximum Gasteiger partial charge on any atom is 0.233 e. The van der Waals surface area contributed by atoms with Gasteiger partial charge in [-0.05, 0) is 37.3 Å². The number of amides is 1. The first-order valence-corrected chi connectivity index (χ1v) is 10.3. The maximum atomic E-state index is 12.4. The molecule has 8 nitrogen and oxygen atoms in total. The number of furan rings is 1. The van der Waals surface area contributed by atoms with E-state index >= 15 is 0 Å². The number of carbonyl (C=O) groups is 1. The van der Waals surface area contributed by atoms with Gasteiger partial charge in [-0.25, -0.2) is 4.98 Å². The molecule has 0 fully saturated rings. The van der Waals surface area contributed by atoms with Crippen LogP contribution in [0.2, 0.25) is 0 Å². The van der Waals surface area contributed by atoms with Gasteiger partial charge in [0, 0.05) is 16.4 Å². The minimum atomic E-state index is -1.42. The van der Waals surface area contributed by atoms with Crippen LogP contribution in [0.1, 0.15) is 17.2 Å². The molecule has 0 aliphatic carbocycles. The van der Waals surface area contributed by atoms with Crippen molar-refractivity contribution in [3.8, 4) is 23.0 Å². The quantitative estimate of drug-likeness (QED) is 0.570. The van der Waals surface area contributed by atoms with Gasteiger partial charge in [-0.1, -0.05) is 0 Å². The molecule has 1 aromatic carbocycles. The van der Waals surface area contributed by atoms with Crippen molar-refractivity contribution >= 4 is 16.7 Å². The van der Waals surface area contributed by atoms with Crippen molar-refractivity contribution < 1.29 is 27.3 Å². The predicted molar refractivity (Wildman–Crippen MR) is 107 cm³/mol. The number of ether oxygens (including phenoxy) is 2. The Morgan fingerprint density at radius 2 is 2.00 bits per heavy atom. The van der Waals surface area contributed by atoms with Crippen LogP contribution in [-0.2, 0) is 27.9 Å². The second kappa shape index (κ2) is 9.42. The topological polar surface area (TPSA) is 104 Å². The van der Waals surface area contributed by atoms with E-state index < -0.39 is 10.8 Å². The highest BCUT2D eigenvalue weighted by Crippen LogP contribution is 2.32. The predicted octanol–water partition coefficient (Wildman–Crippen LogP) is 2.83. The van der Waals surface area contributed by atoms with Crippen molar-refractivity contribution in [1.82, 2.24) is 10.3 Å². The van der Waals surface area contributed by atoms with E-state index in [2.05, 4.69) is 10.3 Å². The SMILES string of the molecule is COc1ccc(-c2nc(C[S@](=O)CC(=O)NCc3ccco3)c(C)o2)cc1OC. The van der Waals surface area contributed by atoms with Crippen LogP contribution in [0.5, 0.6) is 11.5 Å². The van der Waals surface area contributed by atoms with Gasteiger partial charge in [-0.3, -0.25) is 9.00 Å². The summed E-state index contributed by atoms with van der Waals surface area (Å²) in [7, 11) is 1.69. The fraction of sp³-hybridized carbons (Fsp3) is 0.300. The molecule has 0 aliphatic rings. The lowest BCUT2D eigenvalue weighted by molar-refractivity contribution is -0.118. The van der Waals surface area contributed by atoms with Crippen LogP contribution in [-0.4, -0.2) is 35.1 Å². The number of rotatable bonds is 9. The van der Waals surface area contributed by atoms with Crippen molar-refractivity contribution in [3.63, 3.8) is 0 Å². The summed E-state index contributed by atoms with van der Waals surface area (Å²) in [6.45, 7) is 2.01. The number of hydrogen-bond acceptors (Lipinski definition) is 7. The van der Waals surface area contributed by atoms with E-state index in [0.717, 1.165) is 0 Å². The second-order valence-electron chi connectivity index (χ2n) is 6.18. The summed E-state index contributed by atoms with van der Waals surface area (Å²) in [6, 6.07) is 8.81. The van der Waals surface area contributed by atoms with Crippen LogP contribution in [0.4, 0.5) is 0 Å². The van der Waals surface area contributed by atoms with Crippen molar-refractivity contribution in [3.05, 3.63) is 53.8 Å². The number of benzene rings is 1. The van der Waals surface area contributed by atoms with Crippen LogP contribution in [0.25, 0.3) is 11.5 Å². The van der Waals surface area contributed by atoms with Crippen LogP contribution in [0.3, 0.4) is 0 Å². The zero-order valence-corrected chi connectivity index (χ0v) is 17.2. The normalized spacial score (nSPS) is 11.8. The minimum absolute atomic E-state index is 0.122. The minimum Gasteiger partial charge on any atom is -0.493 e. The lowest BCUT2D eigenvalue weighted by Gasteiger charge is -2.07. The summed E-state index contributed by atoms with van der Waals surface area (Å²) in [5.74, 6) is 2.41. The Kier molecular flexibility index (Phi) is 6.71. The average molecular weight is 418 g/mol. The average Bonchev–Trinajstić information content (AvgIpc) is 3.36. The van der Waals surface area contributed by atoms with E-state index in [1.807, 2.05) is 0 Å². The van der Waals surface area contributed by atoms with E-state index in [-0.39, 0.29) is 24.0 Å². The largest absolute Gasteiger partial charge is 0.493 e. The van der Waals surface area contributed by atoms with Gasteiger partial charge in [0.2, 0.25) is 11.8 Å². The van der Waals surface area contributed by atoms with Crippen molar-refractivity contribution in [1.29, 1.82) is 0 Å².